The minimum absolute atomic E-state index is 0.575. The molecule has 0 aromatic heterocycles. The first-order valence-corrected chi connectivity index (χ1v) is 7.74. The van der Waals surface area contributed by atoms with Gasteiger partial charge in [0.2, 0.25) is 0 Å². The molecule has 3 unspecified atom stereocenters. The third-order valence-electron chi connectivity index (χ3n) is 4.39. The van der Waals surface area contributed by atoms with Crippen LogP contribution in [0.5, 0.6) is 0 Å². The van der Waals surface area contributed by atoms with Crippen molar-refractivity contribution in [3.8, 4) is 0 Å². The zero-order valence-corrected chi connectivity index (χ0v) is 11.9. The standard InChI is InChI=1S/C15H32N2/c1-3-4-5-6-7-8-9-15(17-16)14-11-10-13(2)12-14/h13-15,17H,3-12,16H2,1-2H3. The molecule has 3 atom stereocenters. The van der Waals surface area contributed by atoms with Gasteiger partial charge in [-0.25, -0.2) is 0 Å². The summed E-state index contributed by atoms with van der Waals surface area (Å²) in [6, 6.07) is 0.575. The summed E-state index contributed by atoms with van der Waals surface area (Å²) in [5.74, 6) is 7.47. The average molecular weight is 240 g/mol. The summed E-state index contributed by atoms with van der Waals surface area (Å²) in [5, 5.41) is 0. The fraction of sp³-hybridized carbons (Fsp3) is 1.00. The maximum Gasteiger partial charge on any atom is 0.0238 e. The predicted octanol–water partition coefficient (Wildman–Crippen LogP) is 4.01. The van der Waals surface area contributed by atoms with Crippen molar-refractivity contribution in [1.82, 2.24) is 5.43 Å². The van der Waals surface area contributed by atoms with Crippen LogP contribution in [-0.2, 0) is 0 Å². The first-order valence-electron chi connectivity index (χ1n) is 7.74. The van der Waals surface area contributed by atoms with Crippen LogP contribution in [0.1, 0.15) is 78.1 Å². The van der Waals surface area contributed by atoms with Crippen molar-refractivity contribution in [3.63, 3.8) is 0 Å². The molecule has 3 N–H and O–H groups in total. The topological polar surface area (TPSA) is 38.0 Å². The van der Waals surface area contributed by atoms with E-state index < -0.39 is 0 Å². The first-order chi connectivity index (χ1) is 8.27. The Kier molecular flexibility index (Phi) is 7.87. The molecular weight excluding hydrogens is 208 g/mol. The maximum absolute atomic E-state index is 5.71. The number of hydrogen-bond acceptors (Lipinski definition) is 2. The zero-order chi connectivity index (χ0) is 12.5. The van der Waals surface area contributed by atoms with Gasteiger partial charge in [0.1, 0.15) is 0 Å². The highest BCUT2D eigenvalue weighted by Gasteiger charge is 2.27. The summed E-state index contributed by atoms with van der Waals surface area (Å²) >= 11 is 0. The Bertz CT molecular complexity index is 182. The van der Waals surface area contributed by atoms with E-state index in [4.69, 9.17) is 5.84 Å². The van der Waals surface area contributed by atoms with E-state index in [-0.39, 0.29) is 0 Å². The van der Waals surface area contributed by atoms with Gasteiger partial charge in [0.15, 0.2) is 0 Å². The minimum Gasteiger partial charge on any atom is -0.271 e. The van der Waals surface area contributed by atoms with Gasteiger partial charge < -0.3 is 0 Å². The van der Waals surface area contributed by atoms with Crippen LogP contribution in [0.4, 0.5) is 0 Å². The van der Waals surface area contributed by atoms with Crippen LogP contribution >= 0.6 is 0 Å². The Morgan fingerprint density at radius 3 is 2.41 bits per heavy atom. The molecule has 0 heterocycles. The smallest absolute Gasteiger partial charge is 0.0238 e. The lowest BCUT2D eigenvalue weighted by atomic mass is 9.92. The van der Waals surface area contributed by atoms with Crippen LogP contribution in [0.15, 0.2) is 0 Å². The SMILES string of the molecule is CCCCCCCCC(NN)C1CCC(C)C1. The highest BCUT2D eigenvalue weighted by Crippen LogP contribution is 2.33. The fourth-order valence-electron chi connectivity index (χ4n) is 3.22. The third-order valence-corrected chi connectivity index (χ3v) is 4.39. The highest BCUT2D eigenvalue weighted by molar-refractivity contribution is 4.82. The van der Waals surface area contributed by atoms with Crippen molar-refractivity contribution in [1.29, 1.82) is 0 Å². The van der Waals surface area contributed by atoms with E-state index in [1.54, 1.807) is 0 Å². The van der Waals surface area contributed by atoms with E-state index >= 15 is 0 Å². The minimum atomic E-state index is 0.575. The first kappa shape index (κ1) is 15.0. The van der Waals surface area contributed by atoms with Gasteiger partial charge in [-0.1, -0.05) is 58.8 Å². The molecule has 0 aromatic carbocycles. The van der Waals surface area contributed by atoms with Crippen molar-refractivity contribution in [2.45, 2.75) is 84.1 Å². The van der Waals surface area contributed by atoms with Crippen LogP contribution in [0.2, 0.25) is 0 Å². The molecule has 102 valence electrons. The molecule has 17 heavy (non-hydrogen) atoms. The Balaban J connectivity index is 2.06. The molecular formula is C15H32N2. The molecule has 2 heteroatoms. The van der Waals surface area contributed by atoms with E-state index in [1.165, 1.54) is 64.2 Å². The van der Waals surface area contributed by atoms with Crippen molar-refractivity contribution in [2.75, 3.05) is 0 Å². The van der Waals surface area contributed by atoms with E-state index in [0.29, 0.717) is 6.04 Å². The van der Waals surface area contributed by atoms with Crippen LogP contribution in [0.25, 0.3) is 0 Å². The van der Waals surface area contributed by atoms with Gasteiger partial charge in [0, 0.05) is 6.04 Å². The zero-order valence-electron chi connectivity index (χ0n) is 11.9. The lowest BCUT2D eigenvalue weighted by molar-refractivity contribution is 0.327. The van der Waals surface area contributed by atoms with Gasteiger partial charge in [-0.05, 0) is 31.1 Å². The summed E-state index contributed by atoms with van der Waals surface area (Å²) in [6.07, 6.45) is 13.7. The molecule has 0 amide bonds. The Hall–Kier alpha value is -0.0800. The Morgan fingerprint density at radius 2 is 1.82 bits per heavy atom. The van der Waals surface area contributed by atoms with Crippen LogP contribution in [-0.4, -0.2) is 6.04 Å². The summed E-state index contributed by atoms with van der Waals surface area (Å²) in [7, 11) is 0. The van der Waals surface area contributed by atoms with Crippen molar-refractivity contribution in [2.24, 2.45) is 17.7 Å². The molecule has 1 aliphatic rings. The van der Waals surface area contributed by atoms with Gasteiger partial charge in [-0.15, -0.1) is 0 Å². The van der Waals surface area contributed by atoms with E-state index in [9.17, 15) is 0 Å². The number of nitrogens with one attached hydrogen (secondary N) is 1. The molecule has 0 saturated heterocycles. The fourth-order valence-corrected chi connectivity index (χ4v) is 3.22. The van der Waals surface area contributed by atoms with Crippen molar-refractivity contribution >= 4 is 0 Å². The molecule has 0 bridgehead atoms. The van der Waals surface area contributed by atoms with Gasteiger partial charge >= 0.3 is 0 Å². The molecule has 1 saturated carbocycles. The van der Waals surface area contributed by atoms with Crippen molar-refractivity contribution < 1.29 is 0 Å². The van der Waals surface area contributed by atoms with Gasteiger partial charge in [-0.3, -0.25) is 11.3 Å². The molecule has 0 aliphatic heterocycles. The Morgan fingerprint density at radius 1 is 1.12 bits per heavy atom. The molecule has 0 spiro atoms. The number of rotatable bonds is 9. The van der Waals surface area contributed by atoms with E-state index in [0.717, 1.165) is 11.8 Å². The van der Waals surface area contributed by atoms with Gasteiger partial charge in [0.05, 0.1) is 0 Å². The van der Waals surface area contributed by atoms with E-state index in [1.807, 2.05) is 0 Å². The van der Waals surface area contributed by atoms with E-state index in [2.05, 4.69) is 19.3 Å². The molecule has 1 rings (SSSR count). The number of hydrazine groups is 1. The van der Waals surface area contributed by atoms with Crippen molar-refractivity contribution in [3.05, 3.63) is 0 Å². The number of hydrogen-bond donors (Lipinski definition) is 2. The van der Waals surface area contributed by atoms with Crippen LogP contribution in [0.3, 0.4) is 0 Å². The molecule has 1 aliphatic carbocycles. The number of unbranched alkanes of at least 4 members (excludes halogenated alkanes) is 5. The predicted molar refractivity (Wildman–Crippen MR) is 75.6 cm³/mol. The normalized spacial score (nSPS) is 26.3. The van der Waals surface area contributed by atoms with Crippen LogP contribution < -0.4 is 11.3 Å². The van der Waals surface area contributed by atoms with Crippen LogP contribution in [0, 0.1) is 11.8 Å². The molecule has 0 aromatic rings. The van der Waals surface area contributed by atoms with Gasteiger partial charge in [-0.2, -0.15) is 0 Å². The Labute approximate surface area is 108 Å². The third kappa shape index (κ3) is 5.87. The quantitative estimate of drug-likeness (QED) is 0.363. The monoisotopic (exact) mass is 240 g/mol. The number of nitrogens with two attached hydrogens (primary N) is 1. The lowest BCUT2D eigenvalue weighted by Gasteiger charge is -2.22. The average Bonchev–Trinajstić information content (AvgIpc) is 2.75. The molecule has 1 fully saturated rings. The second kappa shape index (κ2) is 8.93. The summed E-state index contributed by atoms with van der Waals surface area (Å²) in [4.78, 5) is 0. The van der Waals surface area contributed by atoms with Gasteiger partial charge in [0.25, 0.3) is 0 Å². The summed E-state index contributed by atoms with van der Waals surface area (Å²) in [6.45, 7) is 4.65. The summed E-state index contributed by atoms with van der Waals surface area (Å²) < 4.78 is 0. The highest BCUT2D eigenvalue weighted by atomic mass is 15.2. The second-order valence-corrected chi connectivity index (χ2v) is 6.01. The second-order valence-electron chi connectivity index (χ2n) is 6.01. The lowest BCUT2D eigenvalue weighted by Crippen LogP contribution is -2.40. The largest absolute Gasteiger partial charge is 0.271 e. The molecule has 0 radical (unpaired) electrons. The maximum atomic E-state index is 5.71. The summed E-state index contributed by atoms with van der Waals surface area (Å²) in [5.41, 5.74) is 3.07. The molecule has 2 nitrogen and oxygen atoms in total.